The van der Waals surface area contributed by atoms with E-state index >= 15 is 0 Å². The molecule has 5 heteroatoms. The quantitative estimate of drug-likeness (QED) is 0.807. The summed E-state index contributed by atoms with van der Waals surface area (Å²) in [6.45, 7) is 1.81. The molecule has 0 atom stereocenters. The van der Waals surface area contributed by atoms with Crippen molar-refractivity contribution >= 4 is 34.2 Å². The lowest BCUT2D eigenvalue weighted by atomic mass is 10.2. The predicted molar refractivity (Wildman–Crippen MR) is 72.8 cm³/mol. The average Bonchev–Trinajstić information content (AvgIpc) is 2.25. The van der Waals surface area contributed by atoms with Crippen LogP contribution in [0.15, 0.2) is 29.1 Å². The molecule has 0 fully saturated rings. The molecule has 1 aromatic carbocycles. The van der Waals surface area contributed by atoms with Crippen LogP contribution in [0.3, 0.4) is 0 Å². The fraction of sp³-hybridized carbons (Fsp3) is 0.0909. The number of nitrogens with zero attached hydrogens (tertiary/aromatic N) is 1. The van der Waals surface area contributed by atoms with Gasteiger partial charge in [0.2, 0.25) is 0 Å². The van der Waals surface area contributed by atoms with E-state index in [0.29, 0.717) is 14.4 Å². The van der Waals surface area contributed by atoms with E-state index in [4.69, 9.17) is 11.6 Å². The van der Waals surface area contributed by atoms with Gasteiger partial charge < -0.3 is 4.98 Å². The zero-order valence-corrected chi connectivity index (χ0v) is 11.3. The van der Waals surface area contributed by atoms with Crippen molar-refractivity contribution < 1.29 is 0 Å². The van der Waals surface area contributed by atoms with Gasteiger partial charge in [-0.1, -0.05) is 23.7 Å². The first-order chi connectivity index (χ1) is 7.58. The fourth-order valence-electron chi connectivity index (χ4n) is 1.34. The van der Waals surface area contributed by atoms with Crippen LogP contribution in [0.4, 0.5) is 0 Å². The summed E-state index contributed by atoms with van der Waals surface area (Å²) in [6, 6.07) is 7.23. The largest absolute Gasteiger partial charge is 0.306 e. The third-order valence-electron chi connectivity index (χ3n) is 2.13. The first kappa shape index (κ1) is 11.6. The van der Waals surface area contributed by atoms with E-state index in [1.54, 1.807) is 12.1 Å². The van der Waals surface area contributed by atoms with Gasteiger partial charge >= 0.3 is 0 Å². The van der Waals surface area contributed by atoms with Crippen molar-refractivity contribution in [2.45, 2.75) is 6.92 Å². The van der Waals surface area contributed by atoms with Crippen LogP contribution in [0, 0.1) is 10.5 Å². The predicted octanol–water partition coefficient (Wildman–Crippen LogP) is 3.00. The van der Waals surface area contributed by atoms with Crippen LogP contribution in [-0.4, -0.2) is 9.97 Å². The maximum Gasteiger partial charge on any atom is 0.264 e. The average molecular weight is 347 g/mol. The van der Waals surface area contributed by atoms with E-state index < -0.39 is 0 Å². The molecule has 0 unspecified atom stereocenters. The van der Waals surface area contributed by atoms with Crippen molar-refractivity contribution in [3.63, 3.8) is 0 Å². The Morgan fingerprint density at radius 2 is 2.19 bits per heavy atom. The molecule has 0 saturated carbocycles. The number of aromatic nitrogens is 2. The molecule has 0 amide bonds. The highest BCUT2D eigenvalue weighted by Gasteiger charge is 2.06. The van der Waals surface area contributed by atoms with Crippen molar-refractivity contribution in [2.75, 3.05) is 0 Å². The van der Waals surface area contributed by atoms with Gasteiger partial charge in [-0.3, -0.25) is 4.79 Å². The molecular formula is C11H8ClIN2O. The van der Waals surface area contributed by atoms with Gasteiger partial charge in [0.15, 0.2) is 0 Å². The van der Waals surface area contributed by atoms with Crippen molar-refractivity contribution in [3.8, 4) is 11.4 Å². The van der Waals surface area contributed by atoms with Gasteiger partial charge in [-0.15, -0.1) is 0 Å². The van der Waals surface area contributed by atoms with Gasteiger partial charge in [-0.2, -0.15) is 0 Å². The molecule has 1 N–H and O–H groups in total. The van der Waals surface area contributed by atoms with Crippen molar-refractivity contribution in [2.24, 2.45) is 0 Å². The molecule has 2 aromatic rings. The van der Waals surface area contributed by atoms with Crippen LogP contribution in [-0.2, 0) is 0 Å². The number of benzene rings is 1. The number of halogens is 2. The Morgan fingerprint density at radius 3 is 2.81 bits per heavy atom. The second kappa shape index (κ2) is 4.55. The first-order valence-electron chi connectivity index (χ1n) is 4.60. The molecule has 0 bridgehead atoms. The van der Waals surface area contributed by atoms with Gasteiger partial charge in [-0.25, -0.2) is 4.98 Å². The third-order valence-corrected chi connectivity index (χ3v) is 3.63. The molecule has 1 heterocycles. The molecule has 0 saturated heterocycles. The number of hydrogen-bond acceptors (Lipinski definition) is 2. The highest BCUT2D eigenvalue weighted by molar-refractivity contribution is 14.1. The number of rotatable bonds is 1. The smallest absolute Gasteiger partial charge is 0.264 e. The third kappa shape index (κ3) is 2.27. The van der Waals surface area contributed by atoms with Crippen LogP contribution in [0.2, 0.25) is 5.02 Å². The van der Waals surface area contributed by atoms with E-state index in [2.05, 4.69) is 9.97 Å². The standard InChI is InChI=1S/C11H8ClIN2O/c1-6-9(13)11(16)15-10(14-6)7-3-2-4-8(12)5-7/h2-5H,1H3,(H,14,15,16). The Morgan fingerprint density at radius 1 is 1.44 bits per heavy atom. The number of aromatic amines is 1. The van der Waals surface area contributed by atoms with Gasteiger partial charge in [-0.05, 0) is 41.6 Å². The van der Waals surface area contributed by atoms with E-state index in [-0.39, 0.29) is 5.56 Å². The Labute approximate surface area is 111 Å². The summed E-state index contributed by atoms with van der Waals surface area (Å²) in [5.74, 6) is 0.547. The molecule has 3 nitrogen and oxygen atoms in total. The summed E-state index contributed by atoms with van der Waals surface area (Å²) in [5.41, 5.74) is 1.41. The van der Waals surface area contributed by atoms with Gasteiger partial charge in [0.1, 0.15) is 5.82 Å². The van der Waals surface area contributed by atoms with E-state index in [1.165, 1.54) is 0 Å². The molecule has 0 radical (unpaired) electrons. The highest BCUT2D eigenvalue weighted by Crippen LogP contribution is 2.19. The van der Waals surface area contributed by atoms with Crippen molar-refractivity contribution in [3.05, 3.63) is 48.9 Å². The molecule has 0 aliphatic carbocycles. The molecule has 0 spiro atoms. The molecule has 0 aliphatic heterocycles. The lowest BCUT2D eigenvalue weighted by Gasteiger charge is -2.03. The summed E-state index contributed by atoms with van der Waals surface area (Å²) >= 11 is 7.86. The lowest BCUT2D eigenvalue weighted by molar-refractivity contribution is 1.05. The van der Waals surface area contributed by atoms with Gasteiger partial charge in [0.05, 0.1) is 9.26 Å². The summed E-state index contributed by atoms with van der Waals surface area (Å²) in [6.07, 6.45) is 0. The van der Waals surface area contributed by atoms with Gasteiger partial charge in [0.25, 0.3) is 5.56 Å². The minimum atomic E-state index is -0.122. The van der Waals surface area contributed by atoms with Crippen molar-refractivity contribution in [1.29, 1.82) is 0 Å². The fourth-order valence-corrected chi connectivity index (χ4v) is 1.79. The number of aryl methyl sites for hydroxylation is 1. The first-order valence-corrected chi connectivity index (χ1v) is 6.06. The molecule has 1 aromatic heterocycles. The number of H-pyrrole nitrogens is 1. The monoisotopic (exact) mass is 346 g/mol. The van der Waals surface area contributed by atoms with Crippen LogP contribution >= 0.6 is 34.2 Å². The van der Waals surface area contributed by atoms with E-state index in [1.807, 2.05) is 41.6 Å². The van der Waals surface area contributed by atoms with Crippen LogP contribution in [0.25, 0.3) is 11.4 Å². The molecule has 16 heavy (non-hydrogen) atoms. The summed E-state index contributed by atoms with van der Waals surface area (Å²) in [5, 5.41) is 0.622. The minimum absolute atomic E-state index is 0.122. The SMILES string of the molecule is Cc1nc(-c2cccc(Cl)c2)[nH]c(=O)c1I. The van der Waals surface area contributed by atoms with E-state index in [0.717, 1.165) is 11.3 Å². The Balaban J connectivity index is 2.61. The topological polar surface area (TPSA) is 45.8 Å². The Bertz CT molecular complexity index is 595. The second-order valence-corrected chi connectivity index (χ2v) is 4.84. The summed E-state index contributed by atoms with van der Waals surface area (Å²) in [4.78, 5) is 18.6. The van der Waals surface area contributed by atoms with Crippen LogP contribution < -0.4 is 5.56 Å². The van der Waals surface area contributed by atoms with Gasteiger partial charge in [0, 0.05) is 10.6 Å². The normalized spacial score (nSPS) is 10.4. The lowest BCUT2D eigenvalue weighted by Crippen LogP contribution is -2.14. The van der Waals surface area contributed by atoms with E-state index in [9.17, 15) is 4.79 Å². The van der Waals surface area contributed by atoms with Crippen molar-refractivity contribution in [1.82, 2.24) is 9.97 Å². The summed E-state index contributed by atoms with van der Waals surface area (Å²) < 4.78 is 0.614. The Hall–Kier alpha value is -0.880. The van der Waals surface area contributed by atoms with Crippen LogP contribution in [0.5, 0.6) is 0 Å². The number of hydrogen-bond donors (Lipinski definition) is 1. The minimum Gasteiger partial charge on any atom is -0.306 e. The highest BCUT2D eigenvalue weighted by atomic mass is 127. The molecular weight excluding hydrogens is 338 g/mol. The molecule has 0 aliphatic rings. The summed E-state index contributed by atoms with van der Waals surface area (Å²) in [7, 11) is 0. The zero-order chi connectivity index (χ0) is 11.7. The second-order valence-electron chi connectivity index (χ2n) is 3.32. The maximum atomic E-state index is 11.6. The number of nitrogens with one attached hydrogen (secondary N) is 1. The molecule has 82 valence electrons. The van der Waals surface area contributed by atoms with Crippen LogP contribution in [0.1, 0.15) is 5.69 Å². The zero-order valence-electron chi connectivity index (χ0n) is 8.42. The maximum absolute atomic E-state index is 11.6. The Kier molecular flexibility index (Phi) is 3.30. The molecule has 2 rings (SSSR count).